The number of carbonyl (C=O) groups excluding carboxylic acids is 2. The maximum absolute atomic E-state index is 12.6. The zero-order chi connectivity index (χ0) is 15.0. The van der Waals surface area contributed by atoms with Crippen molar-refractivity contribution < 1.29 is 9.59 Å². The maximum Gasteiger partial charge on any atom is 0.259 e. The number of nitrogens with zero attached hydrogens (tertiary/aromatic N) is 4. The smallest absolute Gasteiger partial charge is 0.259 e. The Bertz CT molecular complexity index is 721. The summed E-state index contributed by atoms with van der Waals surface area (Å²) in [5, 5.41) is 6.98. The lowest BCUT2D eigenvalue weighted by Gasteiger charge is -2.18. The minimum atomic E-state index is -0.195. The van der Waals surface area contributed by atoms with Gasteiger partial charge in [-0.25, -0.2) is 9.50 Å². The zero-order valence-corrected chi connectivity index (χ0v) is 12.1. The molecule has 1 fully saturated rings. The van der Waals surface area contributed by atoms with Crippen LogP contribution in [-0.4, -0.2) is 50.9 Å². The van der Waals surface area contributed by atoms with Crippen LogP contribution in [0.5, 0.6) is 0 Å². The number of hydrogen-bond acceptors (Lipinski definition) is 4. The molecule has 0 aliphatic carbocycles. The normalized spacial score (nSPS) is 15.9. The second-order valence-corrected chi connectivity index (χ2v) is 5.26. The van der Waals surface area contributed by atoms with Crippen LogP contribution in [0.2, 0.25) is 0 Å². The molecule has 3 rings (SSSR count). The van der Waals surface area contributed by atoms with E-state index in [2.05, 4.69) is 15.4 Å². The Kier molecular flexibility index (Phi) is 3.32. The number of aromatic nitrogens is 3. The predicted octanol–water partition coefficient (Wildman–Crippen LogP) is 0.308. The first-order valence-electron chi connectivity index (χ1n) is 6.94. The highest BCUT2D eigenvalue weighted by molar-refractivity contribution is 6.01. The van der Waals surface area contributed by atoms with Crippen molar-refractivity contribution >= 4 is 17.5 Å². The Labute approximate surface area is 122 Å². The molecular formula is C14H17N5O2. The van der Waals surface area contributed by atoms with Crippen LogP contribution in [0.3, 0.4) is 0 Å². The van der Waals surface area contributed by atoms with Crippen LogP contribution >= 0.6 is 0 Å². The minimum Gasteiger partial charge on any atom is -0.354 e. The van der Waals surface area contributed by atoms with Gasteiger partial charge in [-0.05, 0) is 26.3 Å². The van der Waals surface area contributed by atoms with E-state index >= 15 is 0 Å². The molecule has 1 N–H and O–H groups in total. The van der Waals surface area contributed by atoms with Crippen LogP contribution in [-0.2, 0) is 4.79 Å². The fourth-order valence-corrected chi connectivity index (χ4v) is 2.57. The molecule has 0 spiro atoms. The van der Waals surface area contributed by atoms with E-state index in [0.717, 1.165) is 17.8 Å². The second kappa shape index (κ2) is 5.16. The van der Waals surface area contributed by atoms with Gasteiger partial charge >= 0.3 is 0 Å². The maximum atomic E-state index is 12.6. The summed E-state index contributed by atoms with van der Waals surface area (Å²) >= 11 is 0. The van der Waals surface area contributed by atoms with E-state index in [1.54, 1.807) is 9.42 Å². The summed E-state index contributed by atoms with van der Waals surface area (Å²) in [7, 11) is 0. The Balaban J connectivity index is 1.99. The lowest BCUT2D eigenvalue weighted by molar-refractivity contribution is -0.121. The number of hydrogen-bond donors (Lipinski definition) is 1. The molecule has 0 aromatic carbocycles. The SMILES string of the molecule is Cc1cc(C)n2ncc(C(=O)N3CCCNC(=O)C3)c2n1. The van der Waals surface area contributed by atoms with E-state index < -0.39 is 0 Å². The van der Waals surface area contributed by atoms with Crippen LogP contribution in [0.25, 0.3) is 5.65 Å². The first-order chi connectivity index (χ1) is 10.1. The molecule has 7 heteroatoms. The van der Waals surface area contributed by atoms with Crippen molar-refractivity contribution in [2.24, 2.45) is 0 Å². The summed E-state index contributed by atoms with van der Waals surface area (Å²) in [5.41, 5.74) is 2.74. The van der Waals surface area contributed by atoms with E-state index in [9.17, 15) is 9.59 Å². The molecule has 2 amide bonds. The van der Waals surface area contributed by atoms with E-state index in [1.165, 1.54) is 6.20 Å². The molecule has 2 aromatic rings. The third kappa shape index (κ3) is 2.46. The summed E-state index contributed by atoms with van der Waals surface area (Å²) in [4.78, 5) is 30.2. The van der Waals surface area contributed by atoms with Crippen molar-refractivity contribution in [2.75, 3.05) is 19.6 Å². The van der Waals surface area contributed by atoms with Crippen molar-refractivity contribution in [2.45, 2.75) is 20.3 Å². The van der Waals surface area contributed by atoms with Crippen molar-refractivity contribution in [1.29, 1.82) is 0 Å². The number of carbonyl (C=O) groups is 2. The first-order valence-corrected chi connectivity index (χ1v) is 6.94. The molecular weight excluding hydrogens is 270 g/mol. The largest absolute Gasteiger partial charge is 0.354 e. The molecule has 0 saturated carbocycles. The second-order valence-electron chi connectivity index (χ2n) is 5.26. The topological polar surface area (TPSA) is 79.6 Å². The molecule has 2 aromatic heterocycles. The van der Waals surface area contributed by atoms with Gasteiger partial charge in [-0.1, -0.05) is 0 Å². The molecule has 21 heavy (non-hydrogen) atoms. The van der Waals surface area contributed by atoms with E-state index in [4.69, 9.17) is 0 Å². The molecule has 0 atom stereocenters. The van der Waals surface area contributed by atoms with Crippen molar-refractivity contribution in [3.8, 4) is 0 Å². The highest BCUT2D eigenvalue weighted by Gasteiger charge is 2.24. The summed E-state index contributed by atoms with van der Waals surface area (Å²) in [6.07, 6.45) is 2.28. The molecule has 0 radical (unpaired) electrons. The summed E-state index contributed by atoms with van der Waals surface area (Å²) in [6, 6.07) is 1.91. The van der Waals surface area contributed by atoms with Crippen LogP contribution in [0, 0.1) is 13.8 Å². The number of nitrogens with one attached hydrogen (secondary N) is 1. The highest BCUT2D eigenvalue weighted by atomic mass is 16.2. The summed E-state index contributed by atoms with van der Waals surface area (Å²) < 4.78 is 1.65. The van der Waals surface area contributed by atoms with Crippen molar-refractivity contribution in [1.82, 2.24) is 24.8 Å². The average Bonchev–Trinajstić information content (AvgIpc) is 2.73. The lowest BCUT2D eigenvalue weighted by Crippen LogP contribution is -2.37. The molecule has 110 valence electrons. The van der Waals surface area contributed by atoms with Crippen LogP contribution in [0.1, 0.15) is 28.2 Å². The minimum absolute atomic E-state index is 0.0843. The molecule has 1 aliphatic rings. The Morgan fingerprint density at radius 1 is 1.38 bits per heavy atom. The fraction of sp³-hybridized carbons (Fsp3) is 0.429. The fourth-order valence-electron chi connectivity index (χ4n) is 2.57. The van der Waals surface area contributed by atoms with Gasteiger partial charge in [-0.2, -0.15) is 5.10 Å². The van der Waals surface area contributed by atoms with Gasteiger partial charge in [-0.3, -0.25) is 9.59 Å². The predicted molar refractivity (Wildman–Crippen MR) is 76.0 cm³/mol. The van der Waals surface area contributed by atoms with Crippen molar-refractivity contribution in [3.05, 3.63) is 29.2 Å². The molecule has 1 saturated heterocycles. The Hall–Kier alpha value is -2.44. The van der Waals surface area contributed by atoms with Gasteiger partial charge in [0.25, 0.3) is 5.91 Å². The van der Waals surface area contributed by atoms with Gasteiger partial charge in [0, 0.05) is 24.5 Å². The number of amides is 2. The molecule has 1 aliphatic heterocycles. The lowest BCUT2D eigenvalue weighted by atomic mass is 10.2. The zero-order valence-electron chi connectivity index (χ0n) is 12.1. The third-order valence-corrected chi connectivity index (χ3v) is 3.56. The van der Waals surface area contributed by atoms with E-state index in [-0.39, 0.29) is 18.4 Å². The van der Waals surface area contributed by atoms with Crippen LogP contribution in [0.15, 0.2) is 12.3 Å². The summed E-state index contributed by atoms with van der Waals surface area (Å²) in [5.74, 6) is -0.322. The molecule has 7 nitrogen and oxygen atoms in total. The van der Waals surface area contributed by atoms with E-state index in [1.807, 2.05) is 19.9 Å². The van der Waals surface area contributed by atoms with Gasteiger partial charge < -0.3 is 10.2 Å². The molecule has 0 bridgehead atoms. The van der Waals surface area contributed by atoms with Crippen molar-refractivity contribution in [3.63, 3.8) is 0 Å². The number of rotatable bonds is 1. The molecule has 0 unspecified atom stereocenters. The molecule has 3 heterocycles. The number of aryl methyl sites for hydroxylation is 2. The summed E-state index contributed by atoms with van der Waals surface area (Å²) in [6.45, 7) is 5.05. The average molecular weight is 287 g/mol. The van der Waals surface area contributed by atoms with Gasteiger partial charge in [0.15, 0.2) is 5.65 Å². The third-order valence-electron chi connectivity index (χ3n) is 3.56. The first kappa shape index (κ1) is 13.5. The quantitative estimate of drug-likeness (QED) is 0.818. The monoisotopic (exact) mass is 287 g/mol. The number of fused-ring (bicyclic) bond motifs is 1. The Morgan fingerprint density at radius 2 is 2.19 bits per heavy atom. The Morgan fingerprint density at radius 3 is 3.00 bits per heavy atom. The van der Waals surface area contributed by atoms with E-state index in [0.29, 0.717) is 24.3 Å². The van der Waals surface area contributed by atoms with Gasteiger partial charge in [0.05, 0.1) is 12.7 Å². The highest BCUT2D eigenvalue weighted by Crippen LogP contribution is 2.14. The van der Waals surface area contributed by atoms with Gasteiger partial charge in [-0.15, -0.1) is 0 Å². The van der Waals surface area contributed by atoms with Crippen LogP contribution < -0.4 is 5.32 Å². The van der Waals surface area contributed by atoms with Crippen LogP contribution in [0.4, 0.5) is 0 Å². The van der Waals surface area contributed by atoms with Gasteiger partial charge in [0.1, 0.15) is 5.56 Å². The standard InChI is InChI=1S/C14H17N5O2/c1-9-6-10(2)19-13(17-9)11(7-16-19)14(21)18-5-3-4-15-12(20)8-18/h6-7H,3-5,8H2,1-2H3,(H,15,20). The van der Waals surface area contributed by atoms with Gasteiger partial charge in [0.2, 0.25) is 5.91 Å².